The van der Waals surface area contributed by atoms with Gasteiger partial charge in [-0.1, -0.05) is 0 Å². The van der Waals surface area contributed by atoms with Gasteiger partial charge in [-0.3, -0.25) is 0 Å². The molecule has 0 radical (unpaired) electrons. The Morgan fingerprint density at radius 1 is 1.12 bits per heavy atom. The molecule has 0 saturated heterocycles. The third-order valence-electron chi connectivity index (χ3n) is 4.85. The van der Waals surface area contributed by atoms with Crippen molar-refractivity contribution < 1.29 is 28.0 Å². The number of aliphatic hydroxyl groups is 1. The molecule has 0 amide bonds. The number of fused-ring (bicyclic) bond motifs is 2. The Hall–Kier alpha value is -2.21. The quantitative estimate of drug-likeness (QED) is 0.320. The molecular weight excluding hydrogens is 435 g/mol. The van der Waals surface area contributed by atoms with Gasteiger partial charge >= 0.3 is 5.63 Å². The lowest BCUT2D eigenvalue weighted by molar-refractivity contribution is -0.0326. The summed E-state index contributed by atoms with van der Waals surface area (Å²) in [6, 6.07) is 8.70. The number of nitriles is 1. The number of rotatable bonds is 10. The van der Waals surface area contributed by atoms with Crippen molar-refractivity contribution in [2.24, 2.45) is 0 Å². The fourth-order valence-electron chi connectivity index (χ4n) is 3.48. The number of benzene rings is 1. The molecule has 0 saturated carbocycles. The summed E-state index contributed by atoms with van der Waals surface area (Å²) in [6.07, 6.45) is -0.982. The lowest BCUT2D eigenvalue weighted by Gasteiger charge is -2.38. The molecule has 10 heteroatoms. The first-order valence-corrected chi connectivity index (χ1v) is 11.7. The van der Waals surface area contributed by atoms with Gasteiger partial charge in [-0.05, 0) is 39.8 Å². The average molecular weight is 464 g/mol. The van der Waals surface area contributed by atoms with Crippen LogP contribution in [0.5, 0.6) is 11.5 Å². The fourth-order valence-corrected chi connectivity index (χ4v) is 5.10. The zero-order valence-corrected chi connectivity index (χ0v) is 19.6. The predicted octanol–water partition coefficient (Wildman–Crippen LogP) is 3.59. The lowest BCUT2D eigenvalue weighted by Crippen LogP contribution is -2.45. The first kappa shape index (κ1) is 24.4. The minimum absolute atomic E-state index is 0.107. The molecule has 2 heterocycles. The molecule has 1 aromatic carbocycles. The molecule has 0 spiro atoms. The molecule has 174 valence electrons. The summed E-state index contributed by atoms with van der Waals surface area (Å²) in [7, 11) is -1.46. The summed E-state index contributed by atoms with van der Waals surface area (Å²) >= 11 is 0. The average Bonchev–Trinajstić information content (AvgIpc) is 2.74. The second kappa shape index (κ2) is 11.1. The topological polar surface area (TPSA) is 114 Å². The second-order valence-corrected chi connectivity index (χ2v) is 9.38. The van der Waals surface area contributed by atoms with Crippen LogP contribution in [0.3, 0.4) is 0 Å². The summed E-state index contributed by atoms with van der Waals surface area (Å²) in [4.78, 5) is 11.5. The molecule has 0 bridgehead atoms. The lowest BCUT2D eigenvalue weighted by atomic mass is 10.1. The van der Waals surface area contributed by atoms with E-state index in [0.29, 0.717) is 22.5 Å². The summed E-state index contributed by atoms with van der Waals surface area (Å²) in [5.41, 5.74) is -0.0697. The highest BCUT2D eigenvalue weighted by molar-refractivity contribution is 7.44. The largest absolute Gasteiger partial charge is 0.480 e. The van der Waals surface area contributed by atoms with Gasteiger partial charge in [0.15, 0.2) is 23.7 Å². The third kappa shape index (κ3) is 5.77. The first-order valence-electron chi connectivity index (χ1n) is 10.6. The molecule has 1 aliphatic rings. The van der Waals surface area contributed by atoms with Crippen molar-refractivity contribution in [3.63, 3.8) is 0 Å². The Morgan fingerprint density at radius 3 is 2.47 bits per heavy atom. The molecule has 3 atom stereocenters. The Balaban J connectivity index is 1.78. The fraction of sp³-hybridized carbons (Fsp3) is 0.545. The molecule has 32 heavy (non-hydrogen) atoms. The molecule has 0 aliphatic carbocycles. The Labute approximate surface area is 188 Å². The van der Waals surface area contributed by atoms with Crippen molar-refractivity contribution in [3.8, 4) is 17.6 Å². The monoisotopic (exact) mass is 464 g/mol. The van der Waals surface area contributed by atoms with Crippen LogP contribution in [0.1, 0.15) is 34.1 Å². The van der Waals surface area contributed by atoms with Gasteiger partial charge in [-0.2, -0.15) is 5.26 Å². The van der Waals surface area contributed by atoms with Crippen LogP contribution in [0.2, 0.25) is 0 Å². The summed E-state index contributed by atoms with van der Waals surface area (Å²) in [5.74, 6) is 0.865. The van der Waals surface area contributed by atoms with Gasteiger partial charge in [-0.25, -0.2) is 9.46 Å². The van der Waals surface area contributed by atoms with E-state index in [9.17, 15) is 9.90 Å². The highest BCUT2D eigenvalue weighted by Crippen LogP contribution is 2.47. The maximum atomic E-state index is 11.5. The van der Waals surface area contributed by atoms with Crippen molar-refractivity contribution in [1.29, 1.82) is 5.26 Å². The normalized spacial score (nSPS) is 19.0. The van der Waals surface area contributed by atoms with Crippen LogP contribution in [0.25, 0.3) is 11.0 Å². The minimum atomic E-state index is -1.46. The minimum Gasteiger partial charge on any atom is -0.480 e. The van der Waals surface area contributed by atoms with Gasteiger partial charge in [0.1, 0.15) is 5.58 Å². The van der Waals surface area contributed by atoms with Crippen LogP contribution < -0.4 is 15.1 Å². The highest BCUT2D eigenvalue weighted by atomic mass is 31.2. The van der Waals surface area contributed by atoms with E-state index in [-0.39, 0.29) is 38.3 Å². The van der Waals surface area contributed by atoms with Crippen molar-refractivity contribution in [2.45, 2.75) is 58.4 Å². The van der Waals surface area contributed by atoms with E-state index in [2.05, 4.69) is 38.4 Å². The van der Waals surface area contributed by atoms with Crippen molar-refractivity contribution in [2.75, 3.05) is 19.8 Å². The molecule has 0 fully saturated rings. The van der Waals surface area contributed by atoms with E-state index >= 15 is 0 Å². The molecule has 1 N–H and O–H groups in total. The van der Waals surface area contributed by atoms with Crippen molar-refractivity contribution in [3.05, 3.63) is 34.7 Å². The van der Waals surface area contributed by atoms with Crippen LogP contribution in [0, 0.1) is 11.3 Å². The van der Waals surface area contributed by atoms with E-state index < -0.39 is 26.4 Å². The molecule has 3 unspecified atom stereocenters. The Morgan fingerprint density at radius 2 is 1.81 bits per heavy atom. The van der Waals surface area contributed by atoms with Gasteiger partial charge in [-0.15, -0.1) is 0 Å². The standard InChI is InChI=1S/C22H29N2O7P/c1-14(2)24(15(3)4)32(27-9-5-8-23)28-13-21-20(12-25)29-18-10-16-6-7-22(26)31-17(16)11-19(18)30-21/h6-7,10-11,14-15,20-21,25H,5,9,12-13H2,1-4H3. The van der Waals surface area contributed by atoms with Crippen LogP contribution in [-0.2, 0) is 9.05 Å². The first-order chi connectivity index (χ1) is 15.3. The highest BCUT2D eigenvalue weighted by Gasteiger charge is 2.35. The van der Waals surface area contributed by atoms with Crippen LogP contribution in [0.4, 0.5) is 0 Å². The maximum absolute atomic E-state index is 11.5. The van der Waals surface area contributed by atoms with Gasteiger partial charge in [0.25, 0.3) is 8.53 Å². The molecule has 3 rings (SSSR count). The zero-order valence-electron chi connectivity index (χ0n) is 18.7. The SMILES string of the molecule is CC(C)N(C(C)C)P(OCCC#N)OCC1Oc2cc3oc(=O)ccc3cc2OC1CO. The van der Waals surface area contributed by atoms with Crippen LogP contribution >= 0.6 is 8.53 Å². The van der Waals surface area contributed by atoms with Crippen LogP contribution in [0.15, 0.2) is 33.5 Å². The molecular formula is C22H29N2O7P. The third-order valence-corrected chi connectivity index (χ3v) is 6.92. The molecule has 2 aromatic rings. The van der Waals surface area contributed by atoms with E-state index in [4.69, 9.17) is 28.2 Å². The summed E-state index contributed by atoms with van der Waals surface area (Å²) < 4.78 is 31.4. The van der Waals surface area contributed by atoms with E-state index in [1.54, 1.807) is 18.2 Å². The number of ether oxygens (including phenoxy) is 2. The summed E-state index contributed by atoms with van der Waals surface area (Å²) in [5, 5.41) is 19.4. The Kier molecular flexibility index (Phi) is 8.46. The number of hydrogen-bond acceptors (Lipinski definition) is 9. The number of aliphatic hydroxyl groups excluding tert-OH is 1. The second-order valence-electron chi connectivity index (χ2n) is 7.93. The summed E-state index contributed by atoms with van der Waals surface area (Å²) in [6.45, 7) is 8.32. The van der Waals surface area contributed by atoms with E-state index in [1.165, 1.54) is 6.07 Å². The van der Waals surface area contributed by atoms with Crippen molar-refractivity contribution in [1.82, 2.24) is 4.67 Å². The zero-order chi connectivity index (χ0) is 23.3. The Bertz CT molecular complexity index is 996. The van der Waals surface area contributed by atoms with Crippen molar-refractivity contribution >= 4 is 19.5 Å². The van der Waals surface area contributed by atoms with Gasteiger partial charge in [0.05, 0.1) is 32.3 Å². The van der Waals surface area contributed by atoms with Gasteiger partial charge in [0, 0.05) is 29.6 Å². The smallest absolute Gasteiger partial charge is 0.336 e. The molecule has 1 aliphatic heterocycles. The number of hydrogen-bond donors (Lipinski definition) is 1. The molecule has 9 nitrogen and oxygen atoms in total. The number of nitrogens with zero attached hydrogens (tertiary/aromatic N) is 2. The predicted molar refractivity (Wildman–Crippen MR) is 120 cm³/mol. The van der Waals surface area contributed by atoms with E-state index in [1.807, 2.05) is 0 Å². The molecule has 1 aromatic heterocycles. The van der Waals surface area contributed by atoms with Gasteiger partial charge < -0.3 is 28.0 Å². The van der Waals surface area contributed by atoms with E-state index in [0.717, 1.165) is 0 Å². The van der Waals surface area contributed by atoms with Crippen LogP contribution in [-0.4, -0.2) is 53.9 Å². The maximum Gasteiger partial charge on any atom is 0.336 e. The van der Waals surface area contributed by atoms with Gasteiger partial charge in [0.2, 0.25) is 0 Å².